The number of nitrogens with one attached hydrogen (secondary N) is 2. The zero-order valence-electron chi connectivity index (χ0n) is 16.0. The fourth-order valence-electron chi connectivity index (χ4n) is 4.03. The first-order chi connectivity index (χ1) is 13.2. The van der Waals surface area contributed by atoms with E-state index in [4.69, 9.17) is 0 Å². The molecule has 0 saturated heterocycles. The van der Waals surface area contributed by atoms with Crippen LogP contribution in [0.4, 0.5) is 10.5 Å². The van der Waals surface area contributed by atoms with Crippen LogP contribution in [0.15, 0.2) is 57.8 Å². The molecule has 4 rings (SSSR count). The van der Waals surface area contributed by atoms with Crippen LogP contribution in [-0.4, -0.2) is 10.6 Å². The Morgan fingerprint density at radius 1 is 1.14 bits per heavy atom. The second-order valence-electron chi connectivity index (χ2n) is 8.04. The second-order valence-corrected chi connectivity index (χ2v) is 8.96. The van der Waals surface area contributed by atoms with Crippen LogP contribution in [0.5, 0.6) is 0 Å². The summed E-state index contributed by atoms with van der Waals surface area (Å²) in [5.74, 6) is 0. The van der Waals surface area contributed by atoms with Gasteiger partial charge in [0.1, 0.15) is 0 Å². The molecule has 0 aliphatic heterocycles. The Kier molecular flexibility index (Phi) is 4.54. The van der Waals surface area contributed by atoms with E-state index in [1.165, 1.54) is 5.56 Å². The first-order valence-corrected chi connectivity index (χ1v) is 9.99. The average Bonchev–Trinajstić information content (AvgIpc) is 2.88. The highest BCUT2D eigenvalue weighted by Crippen LogP contribution is 2.45. The van der Waals surface area contributed by atoms with Gasteiger partial charge in [-0.1, -0.05) is 41.9 Å². The number of rotatable bonds is 2. The predicted molar refractivity (Wildman–Crippen MR) is 116 cm³/mol. The Bertz CT molecular complexity index is 1150. The normalized spacial score (nSPS) is 17.4. The van der Waals surface area contributed by atoms with E-state index in [1.807, 2.05) is 24.3 Å². The fourth-order valence-corrected chi connectivity index (χ4v) is 4.40. The van der Waals surface area contributed by atoms with Crippen molar-refractivity contribution in [2.75, 3.05) is 5.32 Å². The Balaban J connectivity index is 1.58. The number of amides is 2. The Morgan fingerprint density at radius 3 is 2.68 bits per heavy atom. The van der Waals surface area contributed by atoms with E-state index in [2.05, 4.69) is 52.5 Å². The third-order valence-corrected chi connectivity index (χ3v) is 6.00. The zero-order valence-corrected chi connectivity index (χ0v) is 17.6. The van der Waals surface area contributed by atoms with Gasteiger partial charge in [0.2, 0.25) is 0 Å². The topological polar surface area (TPSA) is 63.1 Å². The van der Waals surface area contributed by atoms with Crippen molar-refractivity contribution in [3.05, 3.63) is 74.5 Å². The highest BCUT2D eigenvalue weighted by Gasteiger charge is 2.39. The molecule has 0 spiro atoms. The quantitative estimate of drug-likeness (QED) is 0.605. The summed E-state index contributed by atoms with van der Waals surface area (Å²) in [7, 11) is 1.73. The molecule has 1 aliphatic carbocycles. The third kappa shape index (κ3) is 3.33. The smallest absolute Gasteiger partial charge is 0.319 e. The number of urea groups is 1. The van der Waals surface area contributed by atoms with E-state index >= 15 is 0 Å². The highest BCUT2D eigenvalue weighted by molar-refractivity contribution is 9.10. The van der Waals surface area contributed by atoms with Crippen LogP contribution in [0.3, 0.4) is 0 Å². The standard InChI is InChI=1S/C22H22BrN3O2/c1-22(2)12-14-4-7-15(23)10-17(14)20(22)25-21(28)24-16-8-5-13-6-9-19(27)26(3)18(13)11-16/h4-11,20H,12H2,1-3H3,(H2,24,25,28). The lowest BCUT2D eigenvalue weighted by Gasteiger charge is -2.28. The van der Waals surface area contributed by atoms with E-state index in [1.54, 1.807) is 23.7 Å². The molecule has 1 heterocycles. The number of nitrogens with zero attached hydrogens (tertiary/aromatic N) is 1. The molecular weight excluding hydrogens is 418 g/mol. The second kappa shape index (κ2) is 6.78. The van der Waals surface area contributed by atoms with E-state index in [-0.39, 0.29) is 23.0 Å². The number of pyridine rings is 1. The van der Waals surface area contributed by atoms with Crippen molar-refractivity contribution in [1.29, 1.82) is 0 Å². The first kappa shape index (κ1) is 18.7. The van der Waals surface area contributed by atoms with Crippen LogP contribution in [0.2, 0.25) is 0 Å². The number of carbonyl (C=O) groups is 1. The molecular formula is C22H22BrN3O2. The van der Waals surface area contributed by atoms with Crippen LogP contribution in [0.25, 0.3) is 10.9 Å². The summed E-state index contributed by atoms with van der Waals surface area (Å²) in [6, 6.07) is 14.8. The molecule has 0 saturated carbocycles. The van der Waals surface area contributed by atoms with Gasteiger partial charge in [-0.25, -0.2) is 4.79 Å². The molecule has 1 aliphatic rings. The molecule has 5 nitrogen and oxygen atoms in total. The van der Waals surface area contributed by atoms with Gasteiger partial charge in [-0.05, 0) is 58.7 Å². The molecule has 0 fully saturated rings. The number of hydrogen-bond acceptors (Lipinski definition) is 2. The van der Waals surface area contributed by atoms with E-state index in [0.29, 0.717) is 5.69 Å². The van der Waals surface area contributed by atoms with Gasteiger partial charge in [-0.2, -0.15) is 0 Å². The van der Waals surface area contributed by atoms with E-state index < -0.39 is 0 Å². The minimum Gasteiger partial charge on any atom is -0.331 e. The highest BCUT2D eigenvalue weighted by atomic mass is 79.9. The molecule has 2 aromatic carbocycles. The van der Waals surface area contributed by atoms with Gasteiger partial charge in [0.15, 0.2) is 0 Å². The number of halogens is 1. The summed E-state index contributed by atoms with van der Waals surface area (Å²) in [6.45, 7) is 4.33. The van der Waals surface area contributed by atoms with Crippen molar-refractivity contribution < 1.29 is 4.79 Å². The molecule has 0 bridgehead atoms. The number of carbonyl (C=O) groups excluding carboxylic acids is 1. The number of anilines is 1. The van der Waals surface area contributed by atoms with Crippen molar-refractivity contribution >= 4 is 38.6 Å². The number of aryl methyl sites for hydroxylation is 1. The van der Waals surface area contributed by atoms with Crippen LogP contribution < -0.4 is 16.2 Å². The van der Waals surface area contributed by atoms with Crippen LogP contribution in [0, 0.1) is 5.41 Å². The molecule has 0 radical (unpaired) electrons. The van der Waals surface area contributed by atoms with Gasteiger partial charge >= 0.3 is 6.03 Å². The molecule has 28 heavy (non-hydrogen) atoms. The van der Waals surface area contributed by atoms with Crippen LogP contribution in [-0.2, 0) is 13.5 Å². The summed E-state index contributed by atoms with van der Waals surface area (Å²) < 4.78 is 2.58. The Morgan fingerprint density at radius 2 is 1.89 bits per heavy atom. The Hall–Kier alpha value is -2.60. The van der Waals surface area contributed by atoms with Crippen molar-refractivity contribution in [1.82, 2.24) is 9.88 Å². The van der Waals surface area contributed by atoms with Gasteiger partial charge in [-0.15, -0.1) is 0 Å². The van der Waals surface area contributed by atoms with Crippen molar-refractivity contribution in [3.8, 4) is 0 Å². The van der Waals surface area contributed by atoms with E-state index in [9.17, 15) is 9.59 Å². The largest absolute Gasteiger partial charge is 0.331 e. The number of benzene rings is 2. The summed E-state index contributed by atoms with van der Waals surface area (Å²) in [5, 5.41) is 7.00. The lowest BCUT2D eigenvalue weighted by Crippen LogP contribution is -2.38. The number of hydrogen-bond donors (Lipinski definition) is 2. The molecule has 2 amide bonds. The number of fused-ring (bicyclic) bond motifs is 2. The van der Waals surface area contributed by atoms with Crippen molar-refractivity contribution in [3.63, 3.8) is 0 Å². The van der Waals surface area contributed by atoms with Crippen molar-refractivity contribution in [2.24, 2.45) is 12.5 Å². The summed E-state index contributed by atoms with van der Waals surface area (Å²) in [4.78, 5) is 24.6. The Labute approximate surface area is 171 Å². The molecule has 1 aromatic heterocycles. The summed E-state index contributed by atoms with van der Waals surface area (Å²) in [5.41, 5.74) is 3.68. The maximum absolute atomic E-state index is 12.7. The SMILES string of the molecule is Cn1c(=O)ccc2ccc(NC(=O)NC3c4cc(Br)ccc4CC3(C)C)cc21. The van der Waals surface area contributed by atoms with Gasteiger partial charge in [0.05, 0.1) is 11.6 Å². The molecule has 1 unspecified atom stereocenters. The minimum absolute atomic E-state index is 0.0756. The van der Waals surface area contributed by atoms with Crippen LogP contribution >= 0.6 is 15.9 Å². The number of aromatic nitrogens is 1. The van der Waals surface area contributed by atoms with Gasteiger partial charge in [0.25, 0.3) is 5.56 Å². The van der Waals surface area contributed by atoms with Gasteiger partial charge < -0.3 is 15.2 Å². The minimum atomic E-state index is -0.258. The lowest BCUT2D eigenvalue weighted by atomic mass is 9.85. The fraction of sp³-hybridized carbons (Fsp3) is 0.273. The summed E-state index contributed by atoms with van der Waals surface area (Å²) >= 11 is 3.53. The predicted octanol–water partition coefficient (Wildman–Crippen LogP) is 4.75. The van der Waals surface area contributed by atoms with Crippen molar-refractivity contribution in [2.45, 2.75) is 26.3 Å². The lowest BCUT2D eigenvalue weighted by molar-refractivity contribution is 0.229. The summed E-state index contributed by atoms with van der Waals surface area (Å²) in [6.07, 6.45) is 0.915. The monoisotopic (exact) mass is 439 g/mol. The third-order valence-electron chi connectivity index (χ3n) is 5.51. The van der Waals surface area contributed by atoms with Gasteiger partial charge in [-0.3, -0.25) is 4.79 Å². The zero-order chi connectivity index (χ0) is 20.1. The molecule has 2 N–H and O–H groups in total. The van der Waals surface area contributed by atoms with Gasteiger partial charge in [0, 0.05) is 23.3 Å². The molecule has 6 heteroatoms. The first-order valence-electron chi connectivity index (χ1n) is 9.20. The average molecular weight is 440 g/mol. The molecule has 144 valence electrons. The maximum Gasteiger partial charge on any atom is 0.319 e. The molecule has 3 aromatic rings. The maximum atomic E-state index is 12.7. The van der Waals surface area contributed by atoms with E-state index in [0.717, 1.165) is 27.4 Å². The van der Waals surface area contributed by atoms with Crippen LogP contribution in [0.1, 0.15) is 31.0 Å². The molecule has 1 atom stereocenters.